The van der Waals surface area contributed by atoms with Gasteiger partial charge in [0.05, 0.1) is 0 Å². The van der Waals surface area contributed by atoms with E-state index in [2.05, 4.69) is 37.1 Å². The van der Waals surface area contributed by atoms with E-state index in [-0.39, 0.29) is 17.7 Å². The van der Waals surface area contributed by atoms with Gasteiger partial charge in [0.25, 0.3) is 5.91 Å². The smallest absolute Gasteiger partial charge is 0.251 e. The molecule has 2 aliphatic rings. The zero-order valence-electron chi connectivity index (χ0n) is 13.5. The van der Waals surface area contributed by atoms with Crippen molar-refractivity contribution in [1.82, 2.24) is 10.6 Å². The highest BCUT2D eigenvalue weighted by molar-refractivity contribution is 6.00. The molecule has 5 nitrogen and oxygen atoms in total. The second-order valence-electron chi connectivity index (χ2n) is 5.50. The topological polar surface area (TPSA) is 75.3 Å². The third-order valence-electron chi connectivity index (χ3n) is 3.57. The van der Waals surface area contributed by atoms with Crippen molar-refractivity contribution in [2.75, 3.05) is 6.54 Å². The fourth-order valence-electron chi connectivity index (χ4n) is 2.52. The molecule has 1 saturated heterocycles. The molecule has 22 heavy (non-hydrogen) atoms. The maximum Gasteiger partial charge on any atom is 0.251 e. The number of carbonyl (C=O) groups is 3. The molecule has 0 aromatic carbocycles. The number of rotatable bonds is 3. The molecule has 0 aromatic rings. The van der Waals surface area contributed by atoms with Gasteiger partial charge in [-0.25, -0.2) is 0 Å². The highest BCUT2D eigenvalue weighted by atomic mass is 16.2. The van der Waals surface area contributed by atoms with E-state index in [1.54, 1.807) is 6.08 Å². The molecule has 2 aliphatic heterocycles. The Bertz CT molecular complexity index is 528. The van der Waals surface area contributed by atoms with Crippen molar-refractivity contribution in [2.24, 2.45) is 5.92 Å². The molecule has 0 bridgehead atoms. The summed E-state index contributed by atoms with van der Waals surface area (Å²) in [6.45, 7) is 10.6. The Morgan fingerprint density at radius 1 is 1.18 bits per heavy atom. The summed E-state index contributed by atoms with van der Waals surface area (Å²) in [5, 5.41) is 5.02. The van der Waals surface area contributed by atoms with Crippen LogP contribution >= 0.6 is 0 Å². The minimum absolute atomic E-state index is 0.00463. The van der Waals surface area contributed by atoms with Gasteiger partial charge in [-0.1, -0.05) is 32.6 Å². The number of carbonyl (C=O) groups excluding carboxylic acids is 3. The number of allylic oxidation sites excluding steroid dienone is 1. The van der Waals surface area contributed by atoms with Crippen molar-refractivity contribution in [3.63, 3.8) is 0 Å². The molecule has 0 radical (unpaired) electrons. The molecule has 0 spiro atoms. The fourth-order valence-corrected chi connectivity index (χ4v) is 2.52. The Morgan fingerprint density at radius 3 is 2.14 bits per heavy atom. The second-order valence-corrected chi connectivity index (χ2v) is 5.50. The minimum atomic E-state index is -0.138. The first kappa shape index (κ1) is 17.9. The van der Waals surface area contributed by atoms with Crippen LogP contribution in [-0.2, 0) is 14.4 Å². The summed E-state index contributed by atoms with van der Waals surface area (Å²) in [5.41, 5.74) is 3.06. The summed E-state index contributed by atoms with van der Waals surface area (Å²) in [5.74, 6) is 0.162. The number of imide groups is 1. The van der Waals surface area contributed by atoms with E-state index in [1.165, 1.54) is 5.57 Å². The van der Waals surface area contributed by atoms with Gasteiger partial charge in [0.15, 0.2) is 0 Å². The van der Waals surface area contributed by atoms with Crippen LogP contribution in [0.5, 0.6) is 0 Å². The van der Waals surface area contributed by atoms with Gasteiger partial charge in [-0.05, 0) is 30.4 Å². The Hall–Kier alpha value is -2.17. The van der Waals surface area contributed by atoms with Crippen LogP contribution in [0.3, 0.4) is 0 Å². The zero-order valence-corrected chi connectivity index (χ0v) is 13.5. The van der Waals surface area contributed by atoms with Gasteiger partial charge in [-0.2, -0.15) is 0 Å². The van der Waals surface area contributed by atoms with Gasteiger partial charge < -0.3 is 5.32 Å². The SMILES string of the molecule is C=CC1=C(/C(=C\C)C(C)C)CNC1=O.O=C1CCCC(=O)N1. The summed E-state index contributed by atoms with van der Waals surface area (Å²) in [7, 11) is 0. The Kier molecular flexibility index (Phi) is 6.76. The van der Waals surface area contributed by atoms with Crippen LogP contribution in [0.15, 0.2) is 35.5 Å². The lowest BCUT2D eigenvalue weighted by atomic mass is 9.93. The van der Waals surface area contributed by atoms with Crippen LogP contribution in [-0.4, -0.2) is 24.3 Å². The average Bonchev–Trinajstić information content (AvgIpc) is 2.80. The van der Waals surface area contributed by atoms with E-state index in [9.17, 15) is 14.4 Å². The largest absolute Gasteiger partial charge is 0.348 e. The first-order chi connectivity index (χ1) is 10.4. The predicted octanol–water partition coefficient (Wildman–Crippen LogP) is 2.01. The van der Waals surface area contributed by atoms with E-state index >= 15 is 0 Å². The molecule has 2 rings (SSSR count). The van der Waals surface area contributed by atoms with Crippen LogP contribution in [0.4, 0.5) is 0 Å². The van der Waals surface area contributed by atoms with E-state index < -0.39 is 0 Å². The summed E-state index contributed by atoms with van der Waals surface area (Å²) in [6.07, 6.45) is 5.44. The lowest BCUT2D eigenvalue weighted by Crippen LogP contribution is -2.33. The van der Waals surface area contributed by atoms with Crippen LogP contribution in [0.1, 0.15) is 40.0 Å². The molecule has 0 aromatic heterocycles. The van der Waals surface area contributed by atoms with Crippen LogP contribution < -0.4 is 10.6 Å². The first-order valence-corrected chi connectivity index (χ1v) is 7.53. The molecule has 120 valence electrons. The molecule has 0 saturated carbocycles. The molecular weight excluding hydrogens is 280 g/mol. The monoisotopic (exact) mass is 304 g/mol. The van der Waals surface area contributed by atoms with E-state index in [0.717, 1.165) is 11.1 Å². The molecule has 3 amide bonds. The van der Waals surface area contributed by atoms with Gasteiger partial charge in [-0.3, -0.25) is 19.7 Å². The number of nitrogens with one attached hydrogen (secondary N) is 2. The van der Waals surface area contributed by atoms with Crippen molar-refractivity contribution < 1.29 is 14.4 Å². The molecule has 2 N–H and O–H groups in total. The fraction of sp³-hybridized carbons (Fsp3) is 0.471. The summed E-state index contributed by atoms with van der Waals surface area (Å²) >= 11 is 0. The van der Waals surface area contributed by atoms with Crippen molar-refractivity contribution >= 4 is 17.7 Å². The molecule has 0 aliphatic carbocycles. The lowest BCUT2D eigenvalue weighted by Gasteiger charge is -2.12. The maximum atomic E-state index is 11.4. The second kappa shape index (κ2) is 8.32. The van der Waals surface area contributed by atoms with Crippen LogP contribution in [0.25, 0.3) is 0 Å². The summed E-state index contributed by atoms with van der Waals surface area (Å²) in [4.78, 5) is 32.1. The van der Waals surface area contributed by atoms with Gasteiger partial charge in [0.2, 0.25) is 11.8 Å². The minimum Gasteiger partial charge on any atom is -0.348 e. The maximum absolute atomic E-state index is 11.4. The molecule has 0 atom stereocenters. The van der Waals surface area contributed by atoms with Gasteiger partial charge >= 0.3 is 0 Å². The Balaban J connectivity index is 0.000000255. The van der Waals surface area contributed by atoms with Crippen LogP contribution in [0, 0.1) is 5.92 Å². The quantitative estimate of drug-likeness (QED) is 0.783. The number of piperidine rings is 1. The van der Waals surface area contributed by atoms with E-state index in [0.29, 0.717) is 31.7 Å². The average molecular weight is 304 g/mol. The highest BCUT2D eigenvalue weighted by Crippen LogP contribution is 2.25. The summed E-state index contributed by atoms with van der Waals surface area (Å²) in [6, 6.07) is 0. The molecule has 0 unspecified atom stereocenters. The zero-order chi connectivity index (χ0) is 16.7. The summed E-state index contributed by atoms with van der Waals surface area (Å²) < 4.78 is 0. The lowest BCUT2D eigenvalue weighted by molar-refractivity contribution is -0.133. The Labute approximate surface area is 131 Å². The van der Waals surface area contributed by atoms with E-state index in [1.807, 2.05) is 6.92 Å². The number of hydrogen-bond donors (Lipinski definition) is 2. The number of amides is 3. The van der Waals surface area contributed by atoms with Gasteiger partial charge in [-0.15, -0.1) is 0 Å². The third-order valence-corrected chi connectivity index (χ3v) is 3.57. The van der Waals surface area contributed by atoms with Gasteiger partial charge in [0, 0.05) is 25.0 Å². The normalized spacial score (nSPS) is 18.7. The number of hydrogen-bond acceptors (Lipinski definition) is 3. The third kappa shape index (κ3) is 4.69. The Morgan fingerprint density at radius 2 is 1.77 bits per heavy atom. The highest BCUT2D eigenvalue weighted by Gasteiger charge is 2.23. The van der Waals surface area contributed by atoms with Crippen LogP contribution in [0.2, 0.25) is 0 Å². The first-order valence-electron chi connectivity index (χ1n) is 7.53. The van der Waals surface area contributed by atoms with Crippen molar-refractivity contribution in [3.8, 4) is 0 Å². The van der Waals surface area contributed by atoms with Gasteiger partial charge in [0.1, 0.15) is 0 Å². The predicted molar refractivity (Wildman–Crippen MR) is 85.8 cm³/mol. The molecule has 1 fully saturated rings. The van der Waals surface area contributed by atoms with Crippen molar-refractivity contribution in [1.29, 1.82) is 0 Å². The standard InChI is InChI=1S/C12H17NO.C5H7NO2/c1-5-9(8(3)4)11-7-13-12(14)10(11)6-2;7-4-2-1-3-5(8)6-4/h5-6,8H,2,7H2,1,3-4H3,(H,13,14);1-3H2,(H,6,7,8)/b9-5-;. The molecule has 2 heterocycles. The van der Waals surface area contributed by atoms with Crippen molar-refractivity contribution in [2.45, 2.75) is 40.0 Å². The van der Waals surface area contributed by atoms with Crippen molar-refractivity contribution in [3.05, 3.63) is 35.5 Å². The molecular formula is C17H24N2O3. The molecule has 5 heteroatoms. The van der Waals surface area contributed by atoms with E-state index in [4.69, 9.17) is 0 Å².